The third-order valence-corrected chi connectivity index (χ3v) is 4.38. The van der Waals surface area contributed by atoms with Gasteiger partial charge in [-0.15, -0.1) is 0 Å². The Labute approximate surface area is 162 Å². The normalized spacial score (nSPS) is 10.2. The molecule has 0 saturated carbocycles. The van der Waals surface area contributed by atoms with Gasteiger partial charge in [-0.2, -0.15) is 0 Å². The Morgan fingerprint density at radius 3 is 2.19 bits per heavy atom. The van der Waals surface area contributed by atoms with Crippen LogP contribution < -0.4 is 24.8 Å². The smallest absolute Gasteiger partial charge is 0.319 e. The molecule has 8 heteroatoms. The molecule has 0 aromatic heterocycles. The maximum atomic E-state index is 12.0. The van der Waals surface area contributed by atoms with Crippen molar-refractivity contribution in [3.8, 4) is 17.2 Å². The van der Waals surface area contributed by atoms with Crippen molar-refractivity contribution in [3.63, 3.8) is 0 Å². The number of halogens is 2. The van der Waals surface area contributed by atoms with E-state index in [1.165, 1.54) is 0 Å². The number of ether oxygens (including phenoxy) is 3. The molecule has 26 heavy (non-hydrogen) atoms. The fourth-order valence-electron chi connectivity index (χ4n) is 2.35. The van der Waals surface area contributed by atoms with E-state index in [1.807, 2.05) is 6.07 Å². The largest absolute Gasteiger partial charge is 0.496 e. The quantitative estimate of drug-likeness (QED) is 0.725. The van der Waals surface area contributed by atoms with Gasteiger partial charge in [0.1, 0.15) is 5.75 Å². The van der Waals surface area contributed by atoms with Crippen molar-refractivity contribution >= 4 is 34.9 Å². The van der Waals surface area contributed by atoms with E-state index in [0.29, 0.717) is 45.9 Å². The van der Waals surface area contributed by atoms with Crippen LogP contribution in [-0.2, 0) is 6.42 Å². The fraction of sp³-hybridized carbons (Fsp3) is 0.278. The van der Waals surface area contributed by atoms with Crippen molar-refractivity contribution in [2.75, 3.05) is 33.2 Å². The third kappa shape index (κ3) is 5.09. The van der Waals surface area contributed by atoms with Crippen molar-refractivity contribution in [2.45, 2.75) is 6.42 Å². The molecule has 0 fully saturated rings. The van der Waals surface area contributed by atoms with E-state index in [2.05, 4.69) is 10.6 Å². The lowest BCUT2D eigenvalue weighted by Gasteiger charge is -2.14. The highest BCUT2D eigenvalue weighted by molar-refractivity contribution is 6.42. The average molecular weight is 399 g/mol. The summed E-state index contributed by atoms with van der Waals surface area (Å²) < 4.78 is 15.9. The number of methoxy groups -OCH3 is 3. The van der Waals surface area contributed by atoms with E-state index in [9.17, 15) is 4.79 Å². The lowest BCUT2D eigenvalue weighted by Crippen LogP contribution is -2.30. The summed E-state index contributed by atoms with van der Waals surface area (Å²) in [6.07, 6.45) is 0.554. The van der Waals surface area contributed by atoms with Crippen LogP contribution in [0.2, 0.25) is 10.0 Å². The minimum Gasteiger partial charge on any atom is -0.496 e. The van der Waals surface area contributed by atoms with Crippen molar-refractivity contribution in [1.82, 2.24) is 5.32 Å². The number of amides is 2. The third-order valence-electron chi connectivity index (χ3n) is 3.64. The maximum absolute atomic E-state index is 12.0. The van der Waals surface area contributed by atoms with Gasteiger partial charge in [-0.25, -0.2) is 4.79 Å². The highest BCUT2D eigenvalue weighted by Crippen LogP contribution is 2.34. The molecule has 0 unspecified atom stereocenters. The number of anilines is 1. The number of rotatable bonds is 7. The summed E-state index contributed by atoms with van der Waals surface area (Å²) in [5, 5.41) is 6.28. The van der Waals surface area contributed by atoms with Crippen LogP contribution in [0.4, 0.5) is 10.5 Å². The molecule has 2 aromatic carbocycles. The molecule has 0 radical (unpaired) electrons. The van der Waals surface area contributed by atoms with Gasteiger partial charge in [-0.1, -0.05) is 23.2 Å². The molecular weight excluding hydrogens is 379 g/mol. The number of hydrogen-bond donors (Lipinski definition) is 2. The molecule has 0 aliphatic heterocycles. The molecule has 140 valence electrons. The van der Waals surface area contributed by atoms with Gasteiger partial charge in [0.2, 0.25) is 0 Å². The lowest BCUT2D eigenvalue weighted by molar-refractivity contribution is 0.252. The monoisotopic (exact) mass is 398 g/mol. The topological polar surface area (TPSA) is 68.8 Å². The molecule has 0 saturated heterocycles. The van der Waals surface area contributed by atoms with Crippen LogP contribution >= 0.6 is 23.2 Å². The second-order valence-corrected chi connectivity index (χ2v) is 6.09. The SMILES string of the molecule is COc1cc(OC)c(OC)cc1CCNC(=O)Nc1ccc(Cl)c(Cl)c1. The summed E-state index contributed by atoms with van der Waals surface area (Å²) in [7, 11) is 4.71. The lowest BCUT2D eigenvalue weighted by atomic mass is 10.1. The van der Waals surface area contributed by atoms with Gasteiger partial charge in [-0.3, -0.25) is 0 Å². The van der Waals surface area contributed by atoms with E-state index >= 15 is 0 Å². The van der Waals surface area contributed by atoms with Crippen LogP contribution in [0, 0.1) is 0 Å². The van der Waals surface area contributed by atoms with E-state index in [1.54, 1.807) is 45.6 Å². The number of carbonyl (C=O) groups excluding carboxylic acids is 1. The fourth-order valence-corrected chi connectivity index (χ4v) is 2.65. The summed E-state index contributed by atoms with van der Waals surface area (Å²) in [5.74, 6) is 1.84. The Balaban J connectivity index is 1.96. The predicted molar refractivity (Wildman–Crippen MR) is 103 cm³/mol. The zero-order chi connectivity index (χ0) is 19.1. The van der Waals surface area contributed by atoms with Crippen molar-refractivity contribution < 1.29 is 19.0 Å². The summed E-state index contributed by atoms with van der Waals surface area (Å²) in [6.45, 7) is 0.402. The molecule has 0 spiro atoms. The number of urea groups is 1. The Morgan fingerprint density at radius 2 is 1.58 bits per heavy atom. The molecule has 0 aliphatic carbocycles. The van der Waals surface area contributed by atoms with Crippen molar-refractivity contribution in [2.24, 2.45) is 0 Å². The van der Waals surface area contributed by atoms with Gasteiger partial charge >= 0.3 is 6.03 Å². The number of nitrogens with one attached hydrogen (secondary N) is 2. The van der Waals surface area contributed by atoms with Gasteiger partial charge in [0, 0.05) is 18.3 Å². The number of carbonyl (C=O) groups is 1. The predicted octanol–water partition coefficient (Wildman–Crippen LogP) is 4.38. The number of hydrogen-bond acceptors (Lipinski definition) is 4. The van der Waals surface area contributed by atoms with Crippen molar-refractivity contribution in [3.05, 3.63) is 45.9 Å². The van der Waals surface area contributed by atoms with Crippen LogP contribution in [0.25, 0.3) is 0 Å². The molecule has 2 aromatic rings. The molecule has 2 amide bonds. The van der Waals surface area contributed by atoms with Gasteiger partial charge in [-0.05, 0) is 36.2 Å². The Bertz CT molecular complexity index is 784. The van der Waals surface area contributed by atoms with E-state index in [0.717, 1.165) is 5.56 Å². The minimum absolute atomic E-state index is 0.345. The summed E-state index contributed by atoms with van der Waals surface area (Å²) in [6, 6.07) is 8.11. The molecule has 2 N–H and O–H groups in total. The van der Waals surface area contributed by atoms with Gasteiger partial charge in [0.15, 0.2) is 11.5 Å². The maximum Gasteiger partial charge on any atom is 0.319 e. The second kappa shape index (κ2) is 9.40. The van der Waals surface area contributed by atoms with Crippen LogP contribution in [0.15, 0.2) is 30.3 Å². The van der Waals surface area contributed by atoms with E-state index in [-0.39, 0.29) is 6.03 Å². The first-order valence-corrected chi connectivity index (χ1v) is 8.52. The Kier molecular flexibility index (Phi) is 7.24. The summed E-state index contributed by atoms with van der Waals surface area (Å²) in [4.78, 5) is 12.0. The first-order valence-electron chi connectivity index (χ1n) is 7.77. The molecular formula is C18H20Cl2N2O4. The van der Waals surface area contributed by atoms with Gasteiger partial charge in [0.05, 0.1) is 31.4 Å². The molecule has 0 heterocycles. The second-order valence-electron chi connectivity index (χ2n) is 5.28. The minimum atomic E-state index is -0.345. The first-order chi connectivity index (χ1) is 12.5. The van der Waals surface area contributed by atoms with Crippen LogP contribution in [0.1, 0.15) is 5.56 Å². The zero-order valence-corrected chi connectivity index (χ0v) is 16.2. The molecule has 6 nitrogen and oxygen atoms in total. The van der Waals surface area contributed by atoms with E-state index in [4.69, 9.17) is 37.4 Å². The van der Waals surface area contributed by atoms with Crippen LogP contribution in [0.3, 0.4) is 0 Å². The first kappa shape index (κ1) is 20.0. The van der Waals surface area contributed by atoms with Gasteiger partial charge < -0.3 is 24.8 Å². The van der Waals surface area contributed by atoms with Crippen molar-refractivity contribution in [1.29, 1.82) is 0 Å². The standard InChI is InChI=1S/C18H20Cl2N2O4/c1-24-15-10-17(26-3)16(25-2)8-11(15)6-7-21-18(23)22-12-4-5-13(19)14(20)9-12/h4-5,8-10H,6-7H2,1-3H3,(H2,21,22,23). The molecule has 0 bridgehead atoms. The molecule has 2 rings (SSSR count). The number of benzene rings is 2. The van der Waals surface area contributed by atoms with Crippen LogP contribution in [0.5, 0.6) is 17.2 Å². The average Bonchev–Trinajstić information content (AvgIpc) is 2.64. The highest BCUT2D eigenvalue weighted by Gasteiger charge is 2.12. The zero-order valence-electron chi connectivity index (χ0n) is 14.7. The van der Waals surface area contributed by atoms with Gasteiger partial charge in [0.25, 0.3) is 0 Å². The summed E-state index contributed by atoms with van der Waals surface area (Å²) in [5.41, 5.74) is 1.44. The summed E-state index contributed by atoms with van der Waals surface area (Å²) >= 11 is 11.8. The molecule has 0 atom stereocenters. The van der Waals surface area contributed by atoms with E-state index < -0.39 is 0 Å². The van der Waals surface area contributed by atoms with Crippen LogP contribution in [-0.4, -0.2) is 33.9 Å². The molecule has 0 aliphatic rings. The Morgan fingerprint density at radius 1 is 0.923 bits per heavy atom. The Hall–Kier alpha value is -2.31. The highest BCUT2D eigenvalue weighted by atomic mass is 35.5.